The fourth-order valence-corrected chi connectivity index (χ4v) is 2.11. The minimum Gasteiger partial charge on any atom is -0.493 e. The monoisotopic (exact) mass is 339 g/mol. The Hall–Kier alpha value is -1.96. The molecule has 1 aromatic carbocycles. The van der Waals surface area contributed by atoms with Gasteiger partial charge in [-0.2, -0.15) is 0 Å². The average Bonchev–Trinajstić information content (AvgIpc) is 2.48. The number of methoxy groups -OCH3 is 3. The molecule has 0 saturated carbocycles. The van der Waals surface area contributed by atoms with Crippen LogP contribution in [0.4, 0.5) is 13.6 Å². The number of carbonyl (C=O) groups excluding carboxylic acids is 1. The molecule has 0 aliphatic carbocycles. The van der Waals surface area contributed by atoms with Crippen molar-refractivity contribution in [2.24, 2.45) is 0 Å². The number of ether oxygens (including phenoxy) is 4. The fraction of sp³-hybridized carbons (Fsp3) is 0.462. The van der Waals surface area contributed by atoms with E-state index in [0.717, 1.165) is 0 Å². The lowest BCUT2D eigenvalue weighted by atomic mass is 9.99. The molecule has 124 valence electrons. The number of carbonyl (C=O) groups is 1. The van der Waals surface area contributed by atoms with Crippen molar-refractivity contribution in [3.63, 3.8) is 0 Å². The van der Waals surface area contributed by atoms with Crippen molar-refractivity contribution in [1.29, 1.82) is 0 Å². The second-order valence-corrected chi connectivity index (χ2v) is 4.37. The molecule has 0 spiro atoms. The first-order valence-electron chi connectivity index (χ1n) is 6.04. The first-order valence-corrected chi connectivity index (χ1v) is 6.04. The van der Waals surface area contributed by atoms with Crippen LogP contribution in [0.2, 0.25) is 0 Å². The highest BCUT2D eigenvalue weighted by Crippen LogP contribution is 2.43. The third-order valence-corrected chi connectivity index (χ3v) is 3.10. The zero-order valence-electron chi connectivity index (χ0n) is 12.1. The number of hydrogen-bond donors (Lipinski definition) is 1. The Kier molecular flexibility index (Phi) is 5.65. The van der Waals surface area contributed by atoms with E-state index >= 15 is 0 Å². The average molecular weight is 340 g/mol. The molecular weight excluding hydrogens is 324 g/mol. The molecule has 2 rings (SSSR count). The van der Waals surface area contributed by atoms with Gasteiger partial charge in [0.15, 0.2) is 18.1 Å². The number of amides is 1. The van der Waals surface area contributed by atoms with Gasteiger partial charge < -0.3 is 24.3 Å². The van der Waals surface area contributed by atoms with Crippen LogP contribution in [0.1, 0.15) is 11.6 Å². The summed E-state index contributed by atoms with van der Waals surface area (Å²) in [6.07, 6.45) is -0.903. The van der Waals surface area contributed by atoms with Gasteiger partial charge in [0.2, 0.25) is 5.75 Å². The van der Waals surface area contributed by atoms with E-state index in [1.54, 1.807) is 0 Å². The summed E-state index contributed by atoms with van der Waals surface area (Å²) in [5.41, 5.74) is 0.131. The van der Waals surface area contributed by atoms with Gasteiger partial charge in [0.25, 0.3) is 0 Å². The van der Waals surface area contributed by atoms with Crippen LogP contribution >= 0.6 is 12.4 Å². The third-order valence-electron chi connectivity index (χ3n) is 3.10. The maximum absolute atomic E-state index is 13.9. The topological polar surface area (TPSA) is 66.0 Å². The van der Waals surface area contributed by atoms with E-state index in [2.05, 4.69) is 10.1 Å². The van der Waals surface area contributed by atoms with Gasteiger partial charge in [0, 0.05) is 0 Å². The molecule has 6 nitrogen and oxygen atoms in total. The summed E-state index contributed by atoms with van der Waals surface area (Å²) in [7, 11) is 4.16. The van der Waals surface area contributed by atoms with E-state index in [1.165, 1.54) is 33.5 Å². The van der Waals surface area contributed by atoms with Crippen molar-refractivity contribution in [1.82, 2.24) is 5.32 Å². The lowest BCUT2D eigenvalue weighted by Gasteiger charge is -2.32. The standard InChI is InChI=1S/C13H15F2NO5.ClH/c1-18-8-4-7(5-9(19-2)10(8)20-3)11-13(14,15)6-21-12(17)16-11;/h4-5,11H,6H2,1-3H3,(H,16,17);1H/t11-;/m1./s1. The highest BCUT2D eigenvalue weighted by molar-refractivity contribution is 5.85. The largest absolute Gasteiger partial charge is 0.493 e. The number of benzene rings is 1. The predicted octanol–water partition coefficient (Wildman–Crippen LogP) is 2.55. The Morgan fingerprint density at radius 2 is 1.73 bits per heavy atom. The van der Waals surface area contributed by atoms with Crippen LogP contribution in [0.3, 0.4) is 0 Å². The molecule has 1 N–H and O–H groups in total. The summed E-state index contributed by atoms with van der Waals surface area (Å²) in [5.74, 6) is -2.52. The number of halogens is 3. The van der Waals surface area contributed by atoms with Gasteiger partial charge in [-0.15, -0.1) is 12.4 Å². The molecular formula is C13H16ClF2NO5. The van der Waals surface area contributed by atoms with Gasteiger partial charge in [-0.1, -0.05) is 0 Å². The quantitative estimate of drug-likeness (QED) is 0.913. The van der Waals surface area contributed by atoms with E-state index in [-0.39, 0.29) is 35.2 Å². The maximum atomic E-state index is 13.9. The summed E-state index contributed by atoms with van der Waals surface area (Å²) in [6, 6.07) is 1.20. The lowest BCUT2D eigenvalue weighted by molar-refractivity contribution is -0.104. The van der Waals surface area contributed by atoms with Crippen molar-refractivity contribution < 1.29 is 32.5 Å². The third kappa shape index (κ3) is 3.27. The highest BCUT2D eigenvalue weighted by atomic mass is 35.5. The number of cyclic esters (lactones) is 1. The van der Waals surface area contributed by atoms with Crippen molar-refractivity contribution in [3.8, 4) is 17.2 Å². The van der Waals surface area contributed by atoms with Gasteiger partial charge in [-0.25, -0.2) is 13.6 Å². The molecule has 1 saturated heterocycles. The summed E-state index contributed by atoms with van der Waals surface area (Å²) in [4.78, 5) is 11.2. The van der Waals surface area contributed by atoms with Crippen LogP contribution in [0.15, 0.2) is 12.1 Å². The minimum atomic E-state index is -3.25. The van der Waals surface area contributed by atoms with Crippen molar-refractivity contribution in [3.05, 3.63) is 17.7 Å². The second kappa shape index (κ2) is 6.87. The van der Waals surface area contributed by atoms with Crippen LogP contribution in [0.25, 0.3) is 0 Å². The summed E-state index contributed by atoms with van der Waals surface area (Å²) in [6.45, 7) is -0.986. The van der Waals surface area contributed by atoms with Gasteiger partial charge >= 0.3 is 12.0 Å². The van der Waals surface area contributed by atoms with E-state index in [4.69, 9.17) is 14.2 Å². The predicted molar refractivity (Wildman–Crippen MR) is 75.5 cm³/mol. The molecule has 1 aliphatic rings. The number of alkyl carbamates (subject to hydrolysis) is 1. The molecule has 22 heavy (non-hydrogen) atoms. The Balaban J connectivity index is 0.00000242. The van der Waals surface area contributed by atoms with Crippen molar-refractivity contribution >= 4 is 18.5 Å². The van der Waals surface area contributed by atoms with Gasteiger partial charge in [0.1, 0.15) is 6.04 Å². The number of alkyl halides is 2. The van der Waals surface area contributed by atoms with Crippen molar-refractivity contribution in [2.45, 2.75) is 12.0 Å². The van der Waals surface area contributed by atoms with Crippen LogP contribution in [-0.4, -0.2) is 40.0 Å². The van der Waals surface area contributed by atoms with Crippen LogP contribution in [0.5, 0.6) is 17.2 Å². The molecule has 0 bridgehead atoms. The van der Waals surface area contributed by atoms with Crippen molar-refractivity contribution in [2.75, 3.05) is 27.9 Å². The molecule has 1 heterocycles. The molecule has 1 aromatic rings. The Morgan fingerprint density at radius 1 is 1.18 bits per heavy atom. The molecule has 1 fully saturated rings. The normalized spacial score (nSPS) is 19.3. The molecule has 0 unspecified atom stereocenters. The van der Waals surface area contributed by atoms with Crippen LogP contribution in [0, 0.1) is 0 Å². The van der Waals surface area contributed by atoms with Gasteiger partial charge in [-0.05, 0) is 17.7 Å². The van der Waals surface area contributed by atoms with Gasteiger partial charge in [-0.3, -0.25) is 0 Å². The zero-order valence-corrected chi connectivity index (χ0v) is 13.0. The second-order valence-electron chi connectivity index (χ2n) is 4.37. The summed E-state index contributed by atoms with van der Waals surface area (Å²) >= 11 is 0. The maximum Gasteiger partial charge on any atom is 0.408 e. The Labute approximate surface area is 132 Å². The number of nitrogens with one attached hydrogen (secondary N) is 1. The minimum absolute atomic E-state index is 0. The fourth-order valence-electron chi connectivity index (χ4n) is 2.11. The van der Waals surface area contributed by atoms with E-state index in [1.807, 2.05) is 0 Å². The van der Waals surface area contributed by atoms with E-state index < -0.39 is 24.7 Å². The zero-order chi connectivity index (χ0) is 15.6. The first kappa shape index (κ1) is 18.1. The summed E-state index contributed by atoms with van der Waals surface area (Å²) in [5, 5.41) is 2.10. The summed E-state index contributed by atoms with van der Waals surface area (Å²) < 4.78 is 47.5. The SMILES string of the molecule is COc1cc([C@H]2NC(=O)OCC2(F)F)cc(OC)c1OC.Cl. The molecule has 9 heteroatoms. The first-order chi connectivity index (χ1) is 9.92. The highest BCUT2D eigenvalue weighted by Gasteiger charge is 2.47. The Morgan fingerprint density at radius 3 is 2.18 bits per heavy atom. The molecule has 0 radical (unpaired) electrons. The lowest BCUT2D eigenvalue weighted by Crippen LogP contribution is -2.49. The molecule has 1 atom stereocenters. The van der Waals surface area contributed by atoms with Crippen LogP contribution < -0.4 is 19.5 Å². The smallest absolute Gasteiger partial charge is 0.408 e. The number of hydrogen-bond acceptors (Lipinski definition) is 5. The molecule has 1 aliphatic heterocycles. The van der Waals surface area contributed by atoms with E-state index in [0.29, 0.717) is 0 Å². The van der Waals surface area contributed by atoms with Gasteiger partial charge in [0.05, 0.1) is 21.3 Å². The number of rotatable bonds is 4. The van der Waals surface area contributed by atoms with E-state index in [9.17, 15) is 13.6 Å². The molecule has 0 aromatic heterocycles. The Bertz CT molecular complexity index is 530. The molecule has 1 amide bonds. The van der Waals surface area contributed by atoms with Crippen LogP contribution in [-0.2, 0) is 4.74 Å².